The molecule has 0 aromatic carbocycles. The summed E-state index contributed by atoms with van der Waals surface area (Å²) in [6, 6.07) is 0. The first kappa shape index (κ1) is 8.19. The van der Waals surface area contributed by atoms with E-state index in [9.17, 15) is 4.79 Å². The van der Waals surface area contributed by atoms with Crippen LogP contribution in [0.1, 0.15) is 10.5 Å². The monoisotopic (exact) mass is 165 g/mol. The maximum Gasteiger partial charge on any atom is 0.365 e. The third-order valence-corrected chi connectivity index (χ3v) is 1.11. The van der Waals surface area contributed by atoms with Gasteiger partial charge in [0.1, 0.15) is 0 Å². The molecule has 0 bridgehead atoms. The predicted octanol–water partition coefficient (Wildman–Crippen LogP) is 0.359. The summed E-state index contributed by atoms with van der Waals surface area (Å²) >= 11 is 0. The van der Waals surface area contributed by atoms with Crippen molar-refractivity contribution in [2.45, 2.75) is 0 Å². The largest absolute Gasteiger partial charge is 0.430 e. The van der Waals surface area contributed by atoms with Crippen LogP contribution in [0.5, 0.6) is 0 Å². The second kappa shape index (κ2) is 3.47. The van der Waals surface area contributed by atoms with Gasteiger partial charge in [0.25, 0.3) is 0 Å². The number of nitrogens with zero attached hydrogens (tertiary/aromatic N) is 2. The Morgan fingerprint density at radius 3 is 2.83 bits per heavy atom. The summed E-state index contributed by atoms with van der Waals surface area (Å²) in [4.78, 5) is 18.3. The number of hydrogen-bond donors (Lipinski definition) is 1. The van der Waals surface area contributed by atoms with E-state index in [0.29, 0.717) is 0 Å². The van der Waals surface area contributed by atoms with Crippen molar-refractivity contribution in [3.63, 3.8) is 0 Å². The van der Waals surface area contributed by atoms with Crippen molar-refractivity contribution >= 4 is 11.8 Å². The molecule has 1 rings (SSSR count). The SMILES string of the molecule is C=COC(=O)c1nccnc1N. The van der Waals surface area contributed by atoms with Gasteiger partial charge < -0.3 is 10.5 Å². The minimum atomic E-state index is -0.657. The van der Waals surface area contributed by atoms with Gasteiger partial charge in [0, 0.05) is 12.4 Å². The molecule has 0 aliphatic heterocycles. The van der Waals surface area contributed by atoms with Crippen molar-refractivity contribution in [3.05, 3.63) is 30.9 Å². The van der Waals surface area contributed by atoms with Gasteiger partial charge in [-0.25, -0.2) is 14.8 Å². The van der Waals surface area contributed by atoms with Crippen molar-refractivity contribution in [3.8, 4) is 0 Å². The number of nitrogen functional groups attached to an aromatic ring is 1. The van der Waals surface area contributed by atoms with Crippen LogP contribution in [0, 0.1) is 0 Å². The first-order valence-corrected chi connectivity index (χ1v) is 3.14. The lowest BCUT2D eigenvalue weighted by Crippen LogP contribution is -2.08. The highest BCUT2D eigenvalue weighted by Crippen LogP contribution is 2.04. The lowest BCUT2D eigenvalue weighted by Gasteiger charge is -1.99. The second-order valence-corrected chi connectivity index (χ2v) is 1.86. The zero-order valence-corrected chi connectivity index (χ0v) is 6.23. The van der Waals surface area contributed by atoms with Gasteiger partial charge in [-0.1, -0.05) is 6.58 Å². The summed E-state index contributed by atoms with van der Waals surface area (Å²) in [5, 5.41) is 0. The lowest BCUT2D eigenvalue weighted by atomic mass is 10.4. The average Bonchev–Trinajstić information content (AvgIpc) is 2.05. The van der Waals surface area contributed by atoms with Gasteiger partial charge in [0.15, 0.2) is 11.5 Å². The number of hydrogen-bond acceptors (Lipinski definition) is 5. The van der Waals surface area contributed by atoms with Crippen molar-refractivity contribution in [1.82, 2.24) is 9.97 Å². The fourth-order valence-electron chi connectivity index (χ4n) is 0.638. The molecule has 1 aromatic rings. The van der Waals surface area contributed by atoms with E-state index in [0.717, 1.165) is 6.26 Å². The van der Waals surface area contributed by atoms with Crippen molar-refractivity contribution in [2.75, 3.05) is 5.73 Å². The molecule has 1 aromatic heterocycles. The van der Waals surface area contributed by atoms with Crippen LogP contribution >= 0.6 is 0 Å². The molecular weight excluding hydrogens is 158 g/mol. The number of rotatable bonds is 2. The number of carbonyl (C=O) groups excluding carboxylic acids is 1. The molecule has 0 fully saturated rings. The zero-order chi connectivity index (χ0) is 8.97. The van der Waals surface area contributed by atoms with E-state index in [1.165, 1.54) is 12.4 Å². The Bertz CT molecular complexity index is 311. The molecule has 1 heterocycles. The van der Waals surface area contributed by atoms with Gasteiger partial charge in [-0.15, -0.1) is 0 Å². The van der Waals surface area contributed by atoms with E-state index in [-0.39, 0.29) is 11.5 Å². The van der Waals surface area contributed by atoms with Crippen molar-refractivity contribution < 1.29 is 9.53 Å². The van der Waals surface area contributed by atoms with Crippen LogP contribution in [-0.2, 0) is 4.74 Å². The fraction of sp³-hybridized carbons (Fsp3) is 0. The molecule has 5 heteroatoms. The molecule has 0 atom stereocenters. The van der Waals surface area contributed by atoms with E-state index >= 15 is 0 Å². The highest BCUT2D eigenvalue weighted by Gasteiger charge is 2.11. The topological polar surface area (TPSA) is 78.1 Å². The van der Waals surface area contributed by atoms with Gasteiger partial charge in [0.2, 0.25) is 0 Å². The standard InChI is InChI=1S/C7H7N3O2/c1-2-12-7(11)5-6(8)10-4-3-9-5/h2-4H,1H2,(H2,8,10). The van der Waals surface area contributed by atoms with Crippen LogP contribution in [0.4, 0.5) is 5.82 Å². The third-order valence-electron chi connectivity index (χ3n) is 1.11. The molecule has 0 saturated heterocycles. The highest BCUT2D eigenvalue weighted by atomic mass is 16.5. The number of anilines is 1. The number of ether oxygens (including phenoxy) is 1. The summed E-state index contributed by atoms with van der Waals surface area (Å²) in [5.41, 5.74) is 5.34. The van der Waals surface area contributed by atoms with Gasteiger partial charge in [0.05, 0.1) is 6.26 Å². The molecule has 0 spiro atoms. The smallest absolute Gasteiger partial charge is 0.365 e. The van der Waals surface area contributed by atoms with E-state index in [1.807, 2.05) is 0 Å². The normalized spacial score (nSPS) is 9.00. The van der Waals surface area contributed by atoms with Crippen LogP contribution in [0.25, 0.3) is 0 Å². The Kier molecular flexibility index (Phi) is 2.37. The molecular formula is C7H7N3O2. The first-order chi connectivity index (χ1) is 5.75. The molecule has 0 unspecified atom stereocenters. The molecule has 0 saturated carbocycles. The van der Waals surface area contributed by atoms with E-state index in [1.54, 1.807) is 0 Å². The van der Waals surface area contributed by atoms with Crippen LogP contribution in [0.15, 0.2) is 25.2 Å². The number of aromatic nitrogens is 2. The molecule has 0 aliphatic carbocycles. The molecule has 0 amide bonds. The zero-order valence-electron chi connectivity index (χ0n) is 6.23. The van der Waals surface area contributed by atoms with Crippen LogP contribution < -0.4 is 5.73 Å². The summed E-state index contributed by atoms with van der Waals surface area (Å²) < 4.78 is 4.45. The minimum absolute atomic E-state index is 0.00241. The van der Waals surface area contributed by atoms with Crippen LogP contribution in [-0.4, -0.2) is 15.9 Å². The minimum Gasteiger partial charge on any atom is -0.430 e. The van der Waals surface area contributed by atoms with Crippen LogP contribution in [0.3, 0.4) is 0 Å². The lowest BCUT2D eigenvalue weighted by molar-refractivity contribution is 0.0658. The Morgan fingerprint density at radius 2 is 2.25 bits per heavy atom. The number of esters is 1. The van der Waals surface area contributed by atoms with Gasteiger partial charge >= 0.3 is 5.97 Å². The Morgan fingerprint density at radius 1 is 1.58 bits per heavy atom. The fourth-order valence-corrected chi connectivity index (χ4v) is 0.638. The predicted molar refractivity (Wildman–Crippen MR) is 42.1 cm³/mol. The summed E-state index contributed by atoms with van der Waals surface area (Å²) in [7, 11) is 0. The van der Waals surface area contributed by atoms with Gasteiger partial charge in [-0.3, -0.25) is 0 Å². The Balaban J connectivity index is 2.94. The molecule has 12 heavy (non-hydrogen) atoms. The molecule has 2 N–H and O–H groups in total. The van der Waals surface area contributed by atoms with E-state index in [4.69, 9.17) is 5.73 Å². The number of nitrogens with two attached hydrogens (primary N) is 1. The summed E-state index contributed by atoms with van der Waals surface area (Å²) in [6.45, 7) is 3.22. The maximum absolute atomic E-state index is 11.0. The maximum atomic E-state index is 11.0. The summed E-state index contributed by atoms with van der Waals surface area (Å²) in [5.74, 6) is -0.611. The molecule has 62 valence electrons. The van der Waals surface area contributed by atoms with E-state index in [2.05, 4.69) is 21.3 Å². The second-order valence-electron chi connectivity index (χ2n) is 1.86. The average molecular weight is 165 g/mol. The Hall–Kier alpha value is -1.91. The third kappa shape index (κ3) is 1.57. The molecule has 0 radical (unpaired) electrons. The van der Waals surface area contributed by atoms with Gasteiger partial charge in [-0.2, -0.15) is 0 Å². The Labute approximate surface area is 68.9 Å². The van der Waals surface area contributed by atoms with Crippen molar-refractivity contribution in [2.24, 2.45) is 0 Å². The summed E-state index contributed by atoms with van der Waals surface area (Å²) in [6.07, 6.45) is 3.76. The first-order valence-electron chi connectivity index (χ1n) is 3.14. The van der Waals surface area contributed by atoms with Gasteiger partial charge in [-0.05, 0) is 0 Å². The van der Waals surface area contributed by atoms with E-state index < -0.39 is 5.97 Å². The molecule has 0 aliphatic rings. The van der Waals surface area contributed by atoms with Crippen molar-refractivity contribution in [1.29, 1.82) is 0 Å². The number of carbonyl (C=O) groups is 1. The highest BCUT2D eigenvalue weighted by molar-refractivity contribution is 5.91. The van der Waals surface area contributed by atoms with Crippen LogP contribution in [0.2, 0.25) is 0 Å². The molecule has 5 nitrogen and oxygen atoms in total. The quantitative estimate of drug-likeness (QED) is 0.505.